The highest BCUT2D eigenvalue weighted by atomic mass is 32.2. The second kappa shape index (κ2) is 3.92. The Bertz CT molecular complexity index is 551. The van der Waals surface area contributed by atoms with Crippen LogP contribution in [0.5, 0.6) is 5.75 Å². The van der Waals surface area contributed by atoms with Crippen molar-refractivity contribution >= 4 is 28.9 Å². The fourth-order valence-electron chi connectivity index (χ4n) is 1.89. The predicted molar refractivity (Wildman–Crippen MR) is 67.1 cm³/mol. The number of carbonyl (C=O) groups excluding carboxylic acids is 1. The third-order valence-electron chi connectivity index (χ3n) is 2.67. The molecule has 0 radical (unpaired) electrons. The van der Waals surface area contributed by atoms with Crippen molar-refractivity contribution in [2.45, 2.75) is 6.42 Å². The zero-order valence-electron chi connectivity index (χ0n) is 8.95. The van der Waals surface area contributed by atoms with Gasteiger partial charge < -0.3 is 10.1 Å². The lowest BCUT2D eigenvalue weighted by atomic mass is 10.1. The third kappa shape index (κ3) is 1.93. The summed E-state index contributed by atoms with van der Waals surface area (Å²) in [7, 11) is 0. The predicted octanol–water partition coefficient (Wildman–Crippen LogP) is 1.76. The summed E-state index contributed by atoms with van der Waals surface area (Å²) >= 11 is 1.15. The van der Waals surface area contributed by atoms with Crippen LogP contribution in [-0.2, 0) is 11.2 Å². The molecule has 0 bridgehead atoms. The van der Waals surface area contributed by atoms with Crippen molar-refractivity contribution in [1.29, 1.82) is 5.41 Å². The number of thioether (sulfide) groups is 1. The molecule has 2 aliphatic heterocycles. The number of hydrogen-bond donors (Lipinski definition) is 2. The second-order valence-electron chi connectivity index (χ2n) is 3.86. The summed E-state index contributed by atoms with van der Waals surface area (Å²) in [6.07, 6.45) is 2.72. The molecule has 0 unspecified atom stereocenters. The molecule has 1 aromatic rings. The zero-order valence-corrected chi connectivity index (χ0v) is 9.76. The van der Waals surface area contributed by atoms with Gasteiger partial charge in [0.2, 0.25) is 0 Å². The Morgan fingerprint density at radius 2 is 2.35 bits per heavy atom. The largest absolute Gasteiger partial charge is 0.493 e. The Kier molecular flexibility index (Phi) is 2.40. The molecule has 3 rings (SSSR count). The monoisotopic (exact) mass is 246 g/mol. The molecule has 2 heterocycles. The van der Waals surface area contributed by atoms with E-state index in [0.717, 1.165) is 36.1 Å². The molecule has 0 spiro atoms. The van der Waals surface area contributed by atoms with Crippen molar-refractivity contribution in [2.75, 3.05) is 6.61 Å². The van der Waals surface area contributed by atoms with E-state index in [1.54, 1.807) is 6.08 Å². The van der Waals surface area contributed by atoms with Crippen LogP contribution in [0.3, 0.4) is 0 Å². The number of fused-ring (bicyclic) bond motifs is 1. The summed E-state index contributed by atoms with van der Waals surface area (Å²) in [6.45, 7) is 0.731. The minimum atomic E-state index is -0.197. The first-order valence-electron chi connectivity index (χ1n) is 5.27. The Morgan fingerprint density at radius 3 is 3.12 bits per heavy atom. The molecule has 86 valence electrons. The Morgan fingerprint density at radius 1 is 1.47 bits per heavy atom. The SMILES string of the molecule is N=C1NC(=O)/C(=C/c2ccc3c(c2)CCO3)S1. The molecular formula is C12H10N2O2S. The van der Waals surface area contributed by atoms with Crippen LogP contribution in [0.4, 0.5) is 0 Å². The van der Waals surface area contributed by atoms with E-state index in [2.05, 4.69) is 5.32 Å². The van der Waals surface area contributed by atoms with Crippen LogP contribution in [0, 0.1) is 5.41 Å². The van der Waals surface area contributed by atoms with Crippen molar-refractivity contribution in [3.8, 4) is 5.75 Å². The lowest BCUT2D eigenvalue weighted by Crippen LogP contribution is -2.18. The standard InChI is InChI=1S/C12H10N2O2S/c13-12-14-11(15)10(17-12)6-7-1-2-9-8(5-7)3-4-16-9/h1-2,5-6H,3-4H2,(H2,13,14,15)/b10-6-. The molecule has 0 aliphatic carbocycles. The van der Waals surface area contributed by atoms with Crippen LogP contribution >= 0.6 is 11.8 Å². The molecule has 0 atom stereocenters. The van der Waals surface area contributed by atoms with Crippen LogP contribution in [0.2, 0.25) is 0 Å². The molecular weight excluding hydrogens is 236 g/mol. The van der Waals surface area contributed by atoms with Gasteiger partial charge in [-0.3, -0.25) is 10.2 Å². The maximum absolute atomic E-state index is 11.5. The van der Waals surface area contributed by atoms with E-state index in [1.165, 1.54) is 5.56 Å². The quantitative estimate of drug-likeness (QED) is 0.742. The zero-order chi connectivity index (χ0) is 11.8. The van der Waals surface area contributed by atoms with Gasteiger partial charge in [0.25, 0.3) is 5.91 Å². The fourth-order valence-corrected chi connectivity index (χ4v) is 2.59. The maximum atomic E-state index is 11.5. The molecule has 1 amide bonds. The first-order valence-corrected chi connectivity index (χ1v) is 6.09. The molecule has 4 nitrogen and oxygen atoms in total. The minimum Gasteiger partial charge on any atom is -0.493 e. The molecule has 1 aromatic carbocycles. The van der Waals surface area contributed by atoms with Gasteiger partial charge in [0, 0.05) is 6.42 Å². The van der Waals surface area contributed by atoms with Gasteiger partial charge in [-0.25, -0.2) is 0 Å². The summed E-state index contributed by atoms with van der Waals surface area (Å²) < 4.78 is 5.42. The van der Waals surface area contributed by atoms with E-state index in [4.69, 9.17) is 10.1 Å². The topological polar surface area (TPSA) is 62.2 Å². The van der Waals surface area contributed by atoms with E-state index in [1.807, 2.05) is 18.2 Å². The second-order valence-corrected chi connectivity index (χ2v) is 4.91. The Hall–Kier alpha value is -1.75. The van der Waals surface area contributed by atoms with E-state index >= 15 is 0 Å². The molecule has 0 aromatic heterocycles. The molecule has 1 fully saturated rings. The van der Waals surface area contributed by atoms with Gasteiger partial charge >= 0.3 is 0 Å². The van der Waals surface area contributed by atoms with E-state index < -0.39 is 0 Å². The van der Waals surface area contributed by atoms with Crippen LogP contribution in [-0.4, -0.2) is 17.7 Å². The summed E-state index contributed by atoms with van der Waals surface area (Å²) in [5.74, 6) is 0.736. The highest BCUT2D eigenvalue weighted by Crippen LogP contribution is 2.29. The van der Waals surface area contributed by atoms with Gasteiger partial charge in [0.15, 0.2) is 5.17 Å². The summed E-state index contributed by atoms with van der Waals surface area (Å²) in [6, 6.07) is 5.88. The minimum absolute atomic E-state index is 0.186. The van der Waals surface area contributed by atoms with Crippen molar-refractivity contribution < 1.29 is 9.53 Å². The first-order chi connectivity index (χ1) is 8.22. The number of benzene rings is 1. The van der Waals surface area contributed by atoms with Crippen LogP contribution in [0.15, 0.2) is 23.1 Å². The Labute approximate surface area is 103 Å². The molecule has 0 saturated carbocycles. The van der Waals surface area contributed by atoms with Crippen molar-refractivity contribution in [1.82, 2.24) is 5.32 Å². The van der Waals surface area contributed by atoms with E-state index in [9.17, 15) is 4.79 Å². The van der Waals surface area contributed by atoms with Gasteiger partial charge in [0.1, 0.15) is 5.75 Å². The molecule has 1 saturated heterocycles. The number of amides is 1. The number of amidine groups is 1. The highest BCUT2D eigenvalue weighted by molar-refractivity contribution is 8.18. The smallest absolute Gasteiger partial charge is 0.264 e. The molecule has 5 heteroatoms. The normalized spacial score (nSPS) is 20.4. The highest BCUT2D eigenvalue weighted by Gasteiger charge is 2.22. The number of hydrogen-bond acceptors (Lipinski definition) is 4. The molecule has 17 heavy (non-hydrogen) atoms. The lowest BCUT2D eigenvalue weighted by Gasteiger charge is -2.00. The van der Waals surface area contributed by atoms with Crippen LogP contribution < -0.4 is 10.1 Å². The van der Waals surface area contributed by atoms with Gasteiger partial charge in [-0.2, -0.15) is 0 Å². The van der Waals surface area contributed by atoms with Crippen LogP contribution in [0.25, 0.3) is 6.08 Å². The third-order valence-corrected chi connectivity index (χ3v) is 3.50. The summed E-state index contributed by atoms with van der Waals surface area (Å²) in [5, 5.41) is 10.0. The Balaban J connectivity index is 1.93. The van der Waals surface area contributed by atoms with E-state index in [0.29, 0.717) is 4.91 Å². The van der Waals surface area contributed by atoms with Gasteiger partial charge in [-0.1, -0.05) is 6.07 Å². The van der Waals surface area contributed by atoms with E-state index in [-0.39, 0.29) is 11.1 Å². The van der Waals surface area contributed by atoms with Gasteiger partial charge in [-0.05, 0) is 41.1 Å². The molecule has 2 aliphatic rings. The summed E-state index contributed by atoms with van der Waals surface area (Å²) in [5.41, 5.74) is 2.15. The molecule has 2 N–H and O–H groups in total. The van der Waals surface area contributed by atoms with Crippen molar-refractivity contribution in [3.63, 3.8) is 0 Å². The summed E-state index contributed by atoms with van der Waals surface area (Å²) in [4.78, 5) is 12.0. The lowest BCUT2D eigenvalue weighted by molar-refractivity contribution is -0.115. The number of nitrogens with one attached hydrogen (secondary N) is 2. The number of rotatable bonds is 1. The van der Waals surface area contributed by atoms with Gasteiger partial charge in [-0.15, -0.1) is 0 Å². The number of ether oxygens (including phenoxy) is 1. The maximum Gasteiger partial charge on any atom is 0.264 e. The number of carbonyl (C=O) groups is 1. The average Bonchev–Trinajstić information content (AvgIpc) is 2.85. The van der Waals surface area contributed by atoms with Crippen LogP contribution in [0.1, 0.15) is 11.1 Å². The average molecular weight is 246 g/mol. The van der Waals surface area contributed by atoms with Gasteiger partial charge in [0.05, 0.1) is 11.5 Å². The fraction of sp³-hybridized carbons (Fsp3) is 0.167. The first kappa shape index (κ1) is 10.4. The van der Waals surface area contributed by atoms with Crippen molar-refractivity contribution in [3.05, 3.63) is 34.2 Å². The van der Waals surface area contributed by atoms with Crippen molar-refractivity contribution in [2.24, 2.45) is 0 Å².